The molecule has 2 heterocycles. The Kier molecular flexibility index (Phi) is 4.14. The second-order valence-corrected chi connectivity index (χ2v) is 4.87. The molecule has 0 amide bonds. The van der Waals surface area contributed by atoms with Crippen LogP contribution < -0.4 is 10.9 Å². The van der Waals surface area contributed by atoms with Gasteiger partial charge in [0.1, 0.15) is 5.82 Å². The van der Waals surface area contributed by atoms with Crippen LogP contribution in [0.3, 0.4) is 0 Å². The van der Waals surface area contributed by atoms with Crippen molar-refractivity contribution in [2.75, 3.05) is 26.2 Å². The summed E-state index contributed by atoms with van der Waals surface area (Å²) in [6, 6.07) is 0.221. The van der Waals surface area contributed by atoms with Crippen LogP contribution in [-0.4, -0.2) is 41.0 Å². The SMILES string of the molecule is CCC(c1nc(C)c(C)c(=O)[nH]1)N1CCNCC1. The molecule has 18 heavy (non-hydrogen) atoms. The average molecular weight is 250 g/mol. The molecule has 0 spiro atoms. The lowest BCUT2D eigenvalue weighted by atomic mass is 10.1. The van der Waals surface area contributed by atoms with Gasteiger partial charge in [0.05, 0.1) is 6.04 Å². The van der Waals surface area contributed by atoms with Crippen LogP contribution in [0.25, 0.3) is 0 Å². The third-order valence-electron chi connectivity index (χ3n) is 3.71. The molecule has 0 radical (unpaired) electrons. The summed E-state index contributed by atoms with van der Waals surface area (Å²) >= 11 is 0. The molecule has 5 heteroatoms. The molecular formula is C13H22N4O. The largest absolute Gasteiger partial charge is 0.314 e. The van der Waals surface area contributed by atoms with Crippen molar-refractivity contribution < 1.29 is 0 Å². The highest BCUT2D eigenvalue weighted by atomic mass is 16.1. The number of rotatable bonds is 3. The highest BCUT2D eigenvalue weighted by Gasteiger charge is 2.23. The summed E-state index contributed by atoms with van der Waals surface area (Å²) in [5, 5.41) is 3.34. The van der Waals surface area contributed by atoms with Crippen molar-refractivity contribution in [1.82, 2.24) is 20.2 Å². The van der Waals surface area contributed by atoms with Crippen LogP contribution in [0.15, 0.2) is 4.79 Å². The molecule has 0 saturated carbocycles. The Balaban J connectivity index is 2.29. The van der Waals surface area contributed by atoms with Gasteiger partial charge < -0.3 is 10.3 Å². The molecule has 1 aromatic heterocycles. The summed E-state index contributed by atoms with van der Waals surface area (Å²) in [6.45, 7) is 9.89. The standard InChI is InChI=1S/C13H22N4O/c1-4-11(17-7-5-14-6-8-17)12-15-10(3)9(2)13(18)16-12/h11,14H,4-8H2,1-3H3,(H,15,16,18). The second-order valence-electron chi connectivity index (χ2n) is 4.87. The van der Waals surface area contributed by atoms with Crippen molar-refractivity contribution in [3.05, 3.63) is 27.4 Å². The molecule has 0 bridgehead atoms. The highest BCUT2D eigenvalue weighted by molar-refractivity contribution is 5.15. The van der Waals surface area contributed by atoms with Crippen LogP contribution in [0.5, 0.6) is 0 Å². The Morgan fingerprint density at radius 3 is 2.56 bits per heavy atom. The molecule has 1 aliphatic rings. The summed E-state index contributed by atoms with van der Waals surface area (Å²) in [6.07, 6.45) is 0.964. The van der Waals surface area contributed by atoms with Gasteiger partial charge in [0.2, 0.25) is 0 Å². The van der Waals surface area contributed by atoms with Gasteiger partial charge in [0.15, 0.2) is 0 Å². The minimum atomic E-state index is -0.00826. The zero-order valence-electron chi connectivity index (χ0n) is 11.4. The van der Waals surface area contributed by atoms with Crippen molar-refractivity contribution in [3.8, 4) is 0 Å². The fourth-order valence-corrected chi connectivity index (χ4v) is 2.44. The minimum absolute atomic E-state index is 0.00826. The van der Waals surface area contributed by atoms with E-state index in [1.165, 1.54) is 0 Å². The van der Waals surface area contributed by atoms with E-state index in [-0.39, 0.29) is 11.6 Å². The minimum Gasteiger partial charge on any atom is -0.314 e. The van der Waals surface area contributed by atoms with Crippen molar-refractivity contribution in [2.45, 2.75) is 33.2 Å². The lowest BCUT2D eigenvalue weighted by molar-refractivity contribution is 0.162. The molecule has 5 nitrogen and oxygen atoms in total. The maximum Gasteiger partial charge on any atom is 0.254 e. The average Bonchev–Trinajstić information content (AvgIpc) is 2.38. The number of nitrogens with one attached hydrogen (secondary N) is 2. The number of hydrogen-bond donors (Lipinski definition) is 2. The van der Waals surface area contributed by atoms with Crippen molar-refractivity contribution in [3.63, 3.8) is 0 Å². The molecule has 1 unspecified atom stereocenters. The number of aromatic nitrogens is 2. The molecule has 1 fully saturated rings. The van der Waals surface area contributed by atoms with Gasteiger partial charge in [0, 0.05) is 37.4 Å². The summed E-state index contributed by atoms with van der Waals surface area (Å²) in [4.78, 5) is 21.7. The Labute approximate surface area is 108 Å². The van der Waals surface area contributed by atoms with Crippen LogP contribution in [-0.2, 0) is 0 Å². The number of H-pyrrole nitrogens is 1. The van der Waals surface area contributed by atoms with E-state index >= 15 is 0 Å². The Bertz CT molecular complexity index is 463. The number of aryl methyl sites for hydroxylation is 1. The van der Waals surface area contributed by atoms with E-state index in [0.717, 1.165) is 44.1 Å². The van der Waals surface area contributed by atoms with E-state index in [1.807, 2.05) is 13.8 Å². The monoisotopic (exact) mass is 250 g/mol. The zero-order valence-corrected chi connectivity index (χ0v) is 11.4. The fourth-order valence-electron chi connectivity index (χ4n) is 2.44. The van der Waals surface area contributed by atoms with Crippen molar-refractivity contribution >= 4 is 0 Å². The molecule has 0 aliphatic carbocycles. The van der Waals surface area contributed by atoms with Gasteiger partial charge in [-0.05, 0) is 20.3 Å². The van der Waals surface area contributed by atoms with Crippen molar-refractivity contribution in [2.24, 2.45) is 0 Å². The van der Waals surface area contributed by atoms with Gasteiger partial charge in [-0.3, -0.25) is 9.69 Å². The first kappa shape index (κ1) is 13.2. The normalized spacial score (nSPS) is 18.8. The van der Waals surface area contributed by atoms with E-state index in [9.17, 15) is 4.79 Å². The predicted molar refractivity (Wildman–Crippen MR) is 71.8 cm³/mol. The molecule has 1 aromatic rings. The van der Waals surface area contributed by atoms with Gasteiger partial charge >= 0.3 is 0 Å². The summed E-state index contributed by atoms with van der Waals surface area (Å²) in [5.74, 6) is 0.813. The van der Waals surface area contributed by atoms with Gasteiger partial charge in [0.25, 0.3) is 5.56 Å². The summed E-state index contributed by atoms with van der Waals surface area (Å²) in [5.41, 5.74) is 1.54. The third kappa shape index (κ3) is 2.62. The number of piperazine rings is 1. The first-order valence-electron chi connectivity index (χ1n) is 6.65. The number of hydrogen-bond acceptors (Lipinski definition) is 4. The van der Waals surface area contributed by atoms with Crippen LogP contribution in [0, 0.1) is 13.8 Å². The van der Waals surface area contributed by atoms with E-state index in [1.54, 1.807) is 0 Å². The van der Waals surface area contributed by atoms with Gasteiger partial charge in [-0.2, -0.15) is 0 Å². The lowest BCUT2D eigenvalue weighted by Crippen LogP contribution is -2.45. The molecule has 2 N–H and O–H groups in total. The summed E-state index contributed by atoms with van der Waals surface area (Å²) in [7, 11) is 0. The van der Waals surface area contributed by atoms with Gasteiger partial charge in [-0.25, -0.2) is 4.98 Å². The Morgan fingerprint density at radius 1 is 1.33 bits per heavy atom. The van der Waals surface area contributed by atoms with Crippen LogP contribution in [0.4, 0.5) is 0 Å². The first-order chi connectivity index (χ1) is 8.63. The molecular weight excluding hydrogens is 228 g/mol. The van der Waals surface area contributed by atoms with E-state index in [2.05, 4.69) is 27.1 Å². The number of aromatic amines is 1. The van der Waals surface area contributed by atoms with E-state index in [4.69, 9.17) is 0 Å². The first-order valence-corrected chi connectivity index (χ1v) is 6.65. The third-order valence-corrected chi connectivity index (χ3v) is 3.71. The lowest BCUT2D eigenvalue weighted by Gasteiger charge is -2.33. The molecule has 2 rings (SSSR count). The van der Waals surface area contributed by atoms with E-state index in [0.29, 0.717) is 5.56 Å². The van der Waals surface area contributed by atoms with Crippen LogP contribution in [0.1, 0.15) is 36.5 Å². The molecule has 1 atom stereocenters. The predicted octanol–water partition coefficient (Wildman–Crippen LogP) is 0.743. The van der Waals surface area contributed by atoms with Gasteiger partial charge in [-0.1, -0.05) is 6.92 Å². The molecule has 1 aliphatic heterocycles. The van der Waals surface area contributed by atoms with Gasteiger partial charge in [-0.15, -0.1) is 0 Å². The van der Waals surface area contributed by atoms with Crippen LogP contribution in [0.2, 0.25) is 0 Å². The molecule has 1 saturated heterocycles. The highest BCUT2D eigenvalue weighted by Crippen LogP contribution is 2.20. The Hall–Kier alpha value is -1.20. The number of nitrogens with zero attached hydrogens (tertiary/aromatic N) is 2. The van der Waals surface area contributed by atoms with E-state index < -0.39 is 0 Å². The maximum absolute atomic E-state index is 11.8. The molecule has 100 valence electrons. The summed E-state index contributed by atoms with van der Waals surface area (Å²) < 4.78 is 0. The second kappa shape index (κ2) is 5.63. The molecule has 0 aromatic carbocycles. The Morgan fingerprint density at radius 2 is 2.00 bits per heavy atom. The van der Waals surface area contributed by atoms with Crippen LogP contribution >= 0.6 is 0 Å². The van der Waals surface area contributed by atoms with Crippen molar-refractivity contribution in [1.29, 1.82) is 0 Å². The quantitative estimate of drug-likeness (QED) is 0.831. The topological polar surface area (TPSA) is 61.0 Å². The fraction of sp³-hybridized carbons (Fsp3) is 0.692. The zero-order chi connectivity index (χ0) is 13.1. The maximum atomic E-state index is 11.8. The smallest absolute Gasteiger partial charge is 0.254 e.